The largest absolute Gasteiger partial charge is 0.241 e. The summed E-state index contributed by atoms with van der Waals surface area (Å²) in [7, 11) is 0. The van der Waals surface area contributed by atoms with E-state index in [-0.39, 0.29) is 0 Å². The van der Waals surface area contributed by atoms with Crippen LogP contribution < -0.4 is 0 Å². The topological polar surface area (TPSA) is 0 Å². The second-order valence-electron chi connectivity index (χ2n) is 2.94. The Morgan fingerprint density at radius 1 is 1.11 bits per heavy atom. The van der Waals surface area contributed by atoms with Crippen LogP contribution in [0.2, 0.25) is 0 Å². The molecule has 0 saturated heterocycles. The van der Waals surface area contributed by atoms with Gasteiger partial charge < -0.3 is 0 Å². The number of rotatable bonds is 3. The van der Waals surface area contributed by atoms with Gasteiger partial charge in [-0.25, -0.2) is 8.78 Å². The zero-order valence-corrected chi connectivity index (χ0v) is 6.20. The number of hydrogen-bond acceptors (Lipinski definition) is 0. The van der Waals surface area contributed by atoms with Gasteiger partial charge in [0.1, 0.15) is 0 Å². The highest BCUT2D eigenvalue weighted by molar-refractivity contribution is 4.56. The molecule has 1 atom stereocenters. The molecule has 0 aliphatic heterocycles. The minimum absolute atomic E-state index is 0.383. The van der Waals surface area contributed by atoms with Gasteiger partial charge in [-0.2, -0.15) is 0 Å². The summed E-state index contributed by atoms with van der Waals surface area (Å²) >= 11 is 0. The minimum Gasteiger partial charge on any atom is -0.210 e. The molecule has 0 fully saturated rings. The van der Waals surface area contributed by atoms with E-state index in [0.717, 1.165) is 0 Å². The lowest BCUT2D eigenvalue weighted by Gasteiger charge is -2.11. The van der Waals surface area contributed by atoms with Crippen LogP contribution in [-0.4, -0.2) is 6.43 Å². The van der Waals surface area contributed by atoms with Crippen molar-refractivity contribution in [3.63, 3.8) is 0 Å². The van der Waals surface area contributed by atoms with Gasteiger partial charge in [-0.1, -0.05) is 20.8 Å². The first-order valence-electron chi connectivity index (χ1n) is 3.32. The van der Waals surface area contributed by atoms with Gasteiger partial charge in [0, 0.05) is 5.92 Å². The monoisotopic (exact) mass is 136 g/mol. The third kappa shape index (κ3) is 4.37. The van der Waals surface area contributed by atoms with E-state index in [1.54, 1.807) is 6.92 Å². The molecule has 0 rings (SSSR count). The lowest BCUT2D eigenvalue weighted by atomic mass is 10.00. The Morgan fingerprint density at radius 3 is 1.67 bits per heavy atom. The molecule has 56 valence electrons. The second-order valence-corrected chi connectivity index (χ2v) is 2.94. The second kappa shape index (κ2) is 3.80. The summed E-state index contributed by atoms with van der Waals surface area (Å²) in [6.45, 7) is 5.50. The summed E-state index contributed by atoms with van der Waals surface area (Å²) < 4.78 is 23.6. The van der Waals surface area contributed by atoms with Gasteiger partial charge in [0.2, 0.25) is 6.43 Å². The Balaban J connectivity index is 3.38. The molecular weight excluding hydrogens is 122 g/mol. The fraction of sp³-hybridized carbons (Fsp3) is 1.00. The highest BCUT2D eigenvalue weighted by Crippen LogP contribution is 2.17. The Hall–Kier alpha value is -0.140. The van der Waals surface area contributed by atoms with E-state index in [4.69, 9.17) is 0 Å². The molecule has 0 spiro atoms. The number of alkyl halides is 2. The molecule has 0 nitrogen and oxygen atoms in total. The van der Waals surface area contributed by atoms with Crippen molar-refractivity contribution in [1.82, 2.24) is 0 Å². The Kier molecular flexibility index (Phi) is 3.75. The number of halogens is 2. The first kappa shape index (κ1) is 8.86. The molecule has 1 unspecified atom stereocenters. The zero-order valence-electron chi connectivity index (χ0n) is 6.20. The van der Waals surface area contributed by atoms with Crippen molar-refractivity contribution < 1.29 is 8.78 Å². The zero-order chi connectivity index (χ0) is 7.44. The van der Waals surface area contributed by atoms with E-state index < -0.39 is 12.3 Å². The fourth-order valence-electron chi connectivity index (χ4n) is 0.846. The van der Waals surface area contributed by atoms with Crippen LogP contribution in [0.15, 0.2) is 0 Å². The average molecular weight is 136 g/mol. The number of hydrogen-bond donors (Lipinski definition) is 0. The molecular formula is C7H14F2. The van der Waals surface area contributed by atoms with Crippen LogP contribution >= 0.6 is 0 Å². The molecule has 9 heavy (non-hydrogen) atoms. The molecule has 0 aliphatic rings. The lowest BCUT2D eigenvalue weighted by molar-refractivity contribution is 0.0752. The van der Waals surface area contributed by atoms with E-state index in [0.29, 0.717) is 12.3 Å². The van der Waals surface area contributed by atoms with Crippen LogP contribution in [0.3, 0.4) is 0 Å². The molecule has 0 aromatic carbocycles. The molecule has 0 aromatic rings. The average Bonchev–Trinajstić information content (AvgIpc) is 1.63. The molecule has 0 bridgehead atoms. The summed E-state index contributed by atoms with van der Waals surface area (Å²) in [4.78, 5) is 0. The predicted molar refractivity (Wildman–Crippen MR) is 34.6 cm³/mol. The van der Waals surface area contributed by atoms with Crippen molar-refractivity contribution in [2.75, 3.05) is 0 Å². The van der Waals surface area contributed by atoms with Crippen molar-refractivity contribution in [1.29, 1.82) is 0 Å². The van der Waals surface area contributed by atoms with E-state index in [2.05, 4.69) is 0 Å². The van der Waals surface area contributed by atoms with E-state index in [1.807, 2.05) is 13.8 Å². The van der Waals surface area contributed by atoms with E-state index >= 15 is 0 Å². The molecule has 0 heterocycles. The van der Waals surface area contributed by atoms with Crippen LogP contribution in [0.1, 0.15) is 27.2 Å². The molecule has 0 amide bonds. The van der Waals surface area contributed by atoms with Crippen LogP contribution in [0.25, 0.3) is 0 Å². The fourth-order valence-corrected chi connectivity index (χ4v) is 0.846. The maximum absolute atomic E-state index is 11.8. The minimum atomic E-state index is -2.15. The van der Waals surface area contributed by atoms with E-state index in [1.165, 1.54) is 0 Å². The van der Waals surface area contributed by atoms with Gasteiger partial charge in [-0.15, -0.1) is 0 Å². The summed E-state index contributed by atoms with van der Waals surface area (Å²) in [6.07, 6.45) is -1.52. The summed E-state index contributed by atoms with van der Waals surface area (Å²) in [5.41, 5.74) is 0. The highest BCUT2D eigenvalue weighted by Gasteiger charge is 2.14. The first-order chi connectivity index (χ1) is 4.04. The van der Waals surface area contributed by atoms with Crippen molar-refractivity contribution in [3.8, 4) is 0 Å². The Morgan fingerprint density at radius 2 is 1.56 bits per heavy atom. The van der Waals surface area contributed by atoms with Gasteiger partial charge in [-0.3, -0.25) is 0 Å². The molecule has 0 saturated carbocycles. The Labute approximate surface area is 55.3 Å². The molecule has 2 heteroatoms. The SMILES string of the molecule is CC(C)CC(C)C(F)F. The molecule has 0 N–H and O–H groups in total. The van der Waals surface area contributed by atoms with Gasteiger partial charge in [-0.05, 0) is 12.3 Å². The summed E-state index contributed by atoms with van der Waals surface area (Å²) in [5, 5.41) is 0. The standard InChI is InChI=1S/C7H14F2/c1-5(2)4-6(3)7(8)9/h5-7H,4H2,1-3H3. The van der Waals surface area contributed by atoms with Crippen molar-refractivity contribution in [3.05, 3.63) is 0 Å². The smallest absolute Gasteiger partial charge is 0.210 e. The first-order valence-corrected chi connectivity index (χ1v) is 3.32. The van der Waals surface area contributed by atoms with Gasteiger partial charge in [0.05, 0.1) is 0 Å². The quantitative estimate of drug-likeness (QED) is 0.559. The van der Waals surface area contributed by atoms with Gasteiger partial charge in [0.15, 0.2) is 0 Å². The normalized spacial score (nSPS) is 15.0. The van der Waals surface area contributed by atoms with E-state index in [9.17, 15) is 8.78 Å². The van der Waals surface area contributed by atoms with Crippen molar-refractivity contribution >= 4 is 0 Å². The molecule has 0 radical (unpaired) electrons. The maximum Gasteiger partial charge on any atom is 0.241 e. The molecule has 0 aliphatic carbocycles. The van der Waals surface area contributed by atoms with Crippen molar-refractivity contribution in [2.45, 2.75) is 33.6 Å². The maximum atomic E-state index is 11.8. The Bertz CT molecular complexity index is 69.3. The molecule has 0 aromatic heterocycles. The summed E-state index contributed by atoms with van der Waals surface area (Å²) in [5.74, 6) is -0.0565. The third-order valence-corrected chi connectivity index (χ3v) is 1.27. The van der Waals surface area contributed by atoms with Crippen LogP contribution in [0.4, 0.5) is 8.78 Å². The summed E-state index contributed by atoms with van der Waals surface area (Å²) in [6, 6.07) is 0. The lowest BCUT2D eigenvalue weighted by Crippen LogP contribution is -2.09. The van der Waals surface area contributed by atoms with Crippen LogP contribution in [-0.2, 0) is 0 Å². The highest BCUT2D eigenvalue weighted by atomic mass is 19.3. The third-order valence-electron chi connectivity index (χ3n) is 1.27. The predicted octanol–water partition coefficient (Wildman–Crippen LogP) is 2.93. The van der Waals surface area contributed by atoms with Gasteiger partial charge in [0.25, 0.3) is 0 Å². The van der Waals surface area contributed by atoms with Crippen LogP contribution in [0, 0.1) is 11.8 Å². The van der Waals surface area contributed by atoms with Crippen molar-refractivity contribution in [2.24, 2.45) is 11.8 Å². The van der Waals surface area contributed by atoms with Crippen LogP contribution in [0.5, 0.6) is 0 Å². The van der Waals surface area contributed by atoms with Gasteiger partial charge >= 0.3 is 0 Å².